The van der Waals surface area contributed by atoms with Crippen LogP contribution in [0.25, 0.3) is 22.5 Å². The second-order valence-electron chi connectivity index (χ2n) is 7.48. The van der Waals surface area contributed by atoms with Crippen molar-refractivity contribution in [3.05, 3.63) is 72.7 Å². The molecule has 0 aliphatic carbocycles. The molecule has 3 aromatic heterocycles. The first-order valence-electron chi connectivity index (χ1n) is 10.2. The highest BCUT2D eigenvalue weighted by Gasteiger charge is 2.23. The molecule has 0 bridgehead atoms. The van der Waals surface area contributed by atoms with Gasteiger partial charge in [0, 0.05) is 62.0 Å². The number of anilines is 2. The van der Waals surface area contributed by atoms with Crippen molar-refractivity contribution in [3.63, 3.8) is 0 Å². The topological polar surface area (TPSA) is 71.2 Å². The van der Waals surface area contributed by atoms with Gasteiger partial charge in [0.05, 0.1) is 29.5 Å². The van der Waals surface area contributed by atoms with Crippen LogP contribution in [0.3, 0.4) is 0 Å². The molecular formula is C23H20F2N6O. The lowest BCUT2D eigenvalue weighted by atomic mass is 10.1. The molecular weight excluding hydrogens is 414 g/mol. The maximum Gasteiger partial charge on any atom is 0.226 e. The largest absolute Gasteiger partial charge is 0.469 e. The molecule has 0 atom stereocenters. The third kappa shape index (κ3) is 3.77. The lowest BCUT2D eigenvalue weighted by molar-refractivity contribution is 0.535. The molecule has 0 saturated carbocycles. The Morgan fingerprint density at radius 2 is 1.72 bits per heavy atom. The number of piperazine rings is 1. The molecule has 0 N–H and O–H groups in total. The van der Waals surface area contributed by atoms with E-state index in [2.05, 4.69) is 19.9 Å². The van der Waals surface area contributed by atoms with Gasteiger partial charge in [-0.15, -0.1) is 0 Å². The Labute approximate surface area is 183 Å². The number of nitrogens with zero attached hydrogens (tertiary/aromatic N) is 6. The van der Waals surface area contributed by atoms with Gasteiger partial charge in [0.2, 0.25) is 5.95 Å². The molecule has 0 spiro atoms. The highest BCUT2D eigenvalue weighted by molar-refractivity contribution is 5.79. The zero-order chi connectivity index (χ0) is 22.1. The van der Waals surface area contributed by atoms with Crippen molar-refractivity contribution in [3.8, 4) is 22.5 Å². The zero-order valence-electron chi connectivity index (χ0n) is 17.4. The first kappa shape index (κ1) is 20.0. The minimum atomic E-state index is -0.580. The molecule has 1 aliphatic rings. The highest BCUT2D eigenvalue weighted by Crippen LogP contribution is 2.33. The number of hydrogen-bond acceptors (Lipinski definition) is 7. The van der Waals surface area contributed by atoms with Crippen molar-refractivity contribution in [2.45, 2.75) is 6.92 Å². The maximum absolute atomic E-state index is 14.2. The molecule has 0 unspecified atom stereocenters. The fourth-order valence-corrected chi connectivity index (χ4v) is 3.87. The Morgan fingerprint density at radius 1 is 0.906 bits per heavy atom. The molecule has 32 heavy (non-hydrogen) atoms. The summed E-state index contributed by atoms with van der Waals surface area (Å²) >= 11 is 0. The second kappa shape index (κ2) is 8.33. The van der Waals surface area contributed by atoms with E-state index in [1.54, 1.807) is 31.1 Å². The van der Waals surface area contributed by atoms with Crippen molar-refractivity contribution >= 4 is 11.6 Å². The highest BCUT2D eigenvalue weighted by atomic mass is 19.1. The molecule has 1 saturated heterocycles. The summed E-state index contributed by atoms with van der Waals surface area (Å²) in [4.78, 5) is 21.9. The van der Waals surface area contributed by atoms with Crippen LogP contribution in [0.5, 0.6) is 0 Å². The number of hydrogen-bond donors (Lipinski definition) is 0. The maximum atomic E-state index is 14.2. The number of rotatable bonds is 4. The van der Waals surface area contributed by atoms with Crippen molar-refractivity contribution in [1.82, 2.24) is 19.9 Å². The zero-order valence-corrected chi connectivity index (χ0v) is 17.4. The summed E-state index contributed by atoms with van der Waals surface area (Å²) in [6, 6.07) is 5.54. The third-order valence-electron chi connectivity index (χ3n) is 5.54. The molecule has 0 radical (unpaired) electrons. The summed E-state index contributed by atoms with van der Waals surface area (Å²) in [6.45, 7) is 4.22. The van der Waals surface area contributed by atoms with Crippen LogP contribution >= 0.6 is 0 Å². The average Bonchev–Trinajstić information content (AvgIpc) is 3.25. The van der Waals surface area contributed by atoms with Gasteiger partial charge in [-0.3, -0.25) is 9.97 Å². The van der Waals surface area contributed by atoms with Gasteiger partial charge in [0.25, 0.3) is 0 Å². The number of aryl methyl sites for hydroxylation is 1. The van der Waals surface area contributed by atoms with E-state index < -0.39 is 11.6 Å². The fraction of sp³-hybridized carbons (Fsp3) is 0.217. The molecule has 9 heteroatoms. The van der Waals surface area contributed by atoms with Crippen LogP contribution in [0.1, 0.15) is 5.76 Å². The van der Waals surface area contributed by atoms with Crippen molar-refractivity contribution in [2.75, 3.05) is 36.0 Å². The van der Waals surface area contributed by atoms with Crippen molar-refractivity contribution < 1.29 is 13.2 Å². The van der Waals surface area contributed by atoms with Crippen molar-refractivity contribution in [1.29, 1.82) is 0 Å². The molecule has 4 aromatic rings. The van der Waals surface area contributed by atoms with E-state index in [4.69, 9.17) is 9.40 Å². The minimum absolute atomic E-state index is 0.402. The predicted octanol–water partition coefficient (Wildman–Crippen LogP) is 4.11. The smallest absolute Gasteiger partial charge is 0.226 e. The van der Waals surface area contributed by atoms with E-state index in [9.17, 15) is 8.78 Å². The van der Waals surface area contributed by atoms with Crippen molar-refractivity contribution in [2.24, 2.45) is 0 Å². The number of aromatic nitrogens is 4. The van der Waals surface area contributed by atoms with E-state index in [0.717, 1.165) is 23.0 Å². The van der Waals surface area contributed by atoms with E-state index in [-0.39, 0.29) is 0 Å². The van der Waals surface area contributed by atoms with Crippen LogP contribution in [0.15, 0.2) is 59.7 Å². The Bertz CT molecular complexity index is 1240. The van der Waals surface area contributed by atoms with E-state index in [0.29, 0.717) is 49.2 Å². The summed E-state index contributed by atoms with van der Waals surface area (Å²) in [5.74, 6) is 0.188. The Balaban J connectivity index is 1.43. The first-order valence-corrected chi connectivity index (χ1v) is 10.2. The predicted molar refractivity (Wildman–Crippen MR) is 116 cm³/mol. The monoisotopic (exact) mass is 434 g/mol. The van der Waals surface area contributed by atoms with Gasteiger partial charge in [-0.2, -0.15) is 0 Å². The Kier molecular flexibility index (Phi) is 5.22. The van der Waals surface area contributed by atoms with Crippen LogP contribution in [0.4, 0.5) is 20.4 Å². The van der Waals surface area contributed by atoms with Crippen LogP contribution < -0.4 is 9.80 Å². The third-order valence-corrected chi connectivity index (χ3v) is 5.54. The molecule has 162 valence electrons. The molecule has 1 aliphatic heterocycles. The van der Waals surface area contributed by atoms with Crippen LogP contribution in [-0.4, -0.2) is 46.1 Å². The Morgan fingerprint density at radius 3 is 2.41 bits per heavy atom. The molecule has 1 fully saturated rings. The molecule has 4 heterocycles. The van der Waals surface area contributed by atoms with E-state index in [1.807, 2.05) is 17.9 Å². The van der Waals surface area contributed by atoms with Gasteiger partial charge in [0.1, 0.15) is 17.4 Å². The van der Waals surface area contributed by atoms with E-state index >= 15 is 0 Å². The van der Waals surface area contributed by atoms with Gasteiger partial charge in [-0.05, 0) is 25.1 Å². The minimum Gasteiger partial charge on any atom is -0.469 e. The first-order chi connectivity index (χ1) is 15.6. The quantitative estimate of drug-likeness (QED) is 0.479. The number of furan rings is 1. The van der Waals surface area contributed by atoms with Gasteiger partial charge >= 0.3 is 0 Å². The number of benzene rings is 1. The molecule has 1 aromatic carbocycles. The summed E-state index contributed by atoms with van der Waals surface area (Å²) in [5, 5.41) is 0. The normalized spacial score (nSPS) is 14.1. The fourth-order valence-electron chi connectivity index (χ4n) is 3.87. The van der Waals surface area contributed by atoms with Gasteiger partial charge in [0.15, 0.2) is 0 Å². The van der Waals surface area contributed by atoms with Crippen LogP contribution in [0, 0.1) is 18.6 Å². The lowest BCUT2D eigenvalue weighted by Gasteiger charge is -2.36. The van der Waals surface area contributed by atoms with E-state index in [1.165, 1.54) is 12.1 Å². The van der Waals surface area contributed by atoms with Gasteiger partial charge in [-0.25, -0.2) is 18.7 Å². The molecule has 7 nitrogen and oxygen atoms in total. The van der Waals surface area contributed by atoms with Crippen LogP contribution in [0.2, 0.25) is 0 Å². The lowest BCUT2D eigenvalue weighted by Crippen LogP contribution is -2.47. The molecule has 0 amide bonds. The second-order valence-corrected chi connectivity index (χ2v) is 7.48. The summed E-state index contributed by atoms with van der Waals surface area (Å²) < 4.78 is 32.9. The average molecular weight is 434 g/mol. The Hall–Kier alpha value is -3.88. The van der Waals surface area contributed by atoms with Crippen LogP contribution in [-0.2, 0) is 0 Å². The molecule has 5 rings (SSSR count). The summed E-state index contributed by atoms with van der Waals surface area (Å²) in [6.07, 6.45) is 8.30. The van der Waals surface area contributed by atoms with Gasteiger partial charge < -0.3 is 14.2 Å². The number of halogens is 2. The SMILES string of the molecule is Cc1occc1-c1nc(N2CCN(c3ccc(F)cc3F)CC2)ncc1-c1cnccn1. The standard InChI is InChI=1S/C23H20F2N6O/c1-15-17(4-11-32-15)22-18(20-14-26-5-6-27-20)13-28-23(29-22)31-9-7-30(8-10-31)21-3-2-16(24)12-19(21)25/h2-6,11-14H,7-10H2,1H3. The van der Waals surface area contributed by atoms with Gasteiger partial charge in [-0.1, -0.05) is 0 Å². The summed E-state index contributed by atoms with van der Waals surface area (Å²) in [5.41, 5.74) is 3.42. The summed E-state index contributed by atoms with van der Waals surface area (Å²) in [7, 11) is 0.